The quantitative estimate of drug-likeness (QED) is 0.409. The molecular weight excluding hydrogens is 206 g/mol. The van der Waals surface area contributed by atoms with Gasteiger partial charge in [-0.3, -0.25) is 10.4 Å². The normalized spacial score (nSPS) is 10.3. The minimum Gasteiger partial charge on any atom is -0.382 e. The Balaban J connectivity index is 2.44. The number of nitrogens with one attached hydrogen (secondary N) is 1. The fourth-order valence-corrected chi connectivity index (χ4v) is 1.24. The van der Waals surface area contributed by atoms with Crippen LogP contribution >= 0.6 is 0 Å². The molecule has 5 nitrogen and oxygen atoms in total. The summed E-state index contributed by atoms with van der Waals surface area (Å²) in [6, 6.07) is 3.65. The van der Waals surface area contributed by atoms with E-state index in [0.29, 0.717) is 32.1 Å². The predicted molar refractivity (Wildman–Crippen MR) is 61.4 cm³/mol. The van der Waals surface area contributed by atoms with Crippen molar-refractivity contribution in [3.8, 4) is 0 Å². The summed E-state index contributed by atoms with van der Waals surface area (Å²) in [5.74, 6) is -0.0380. The Hall–Kier alpha value is -1.46. The lowest BCUT2D eigenvalue weighted by Gasteiger charge is -2.07. The summed E-state index contributed by atoms with van der Waals surface area (Å²) in [7, 11) is 0. The van der Waals surface area contributed by atoms with E-state index in [4.69, 9.17) is 20.6 Å². The molecule has 88 valence electrons. The summed E-state index contributed by atoms with van der Waals surface area (Å²) in [4.78, 5) is 4.03. The van der Waals surface area contributed by atoms with Crippen LogP contribution in [0.3, 0.4) is 0 Å². The Labute approximate surface area is 95.1 Å². The fraction of sp³-hybridized carbons (Fsp3) is 0.455. The summed E-state index contributed by atoms with van der Waals surface area (Å²) < 4.78 is 10.5. The van der Waals surface area contributed by atoms with Crippen LogP contribution in [-0.2, 0) is 16.1 Å². The third kappa shape index (κ3) is 3.96. The third-order valence-electron chi connectivity index (χ3n) is 1.98. The molecule has 1 rings (SSSR count). The van der Waals surface area contributed by atoms with Gasteiger partial charge in [-0.25, -0.2) is 0 Å². The molecule has 0 aromatic carbocycles. The summed E-state index contributed by atoms with van der Waals surface area (Å²) in [6.45, 7) is 4.13. The van der Waals surface area contributed by atoms with Crippen molar-refractivity contribution in [3.63, 3.8) is 0 Å². The minimum absolute atomic E-state index is 0.0380. The molecule has 1 heterocycles. The Kier molecular flexibility index (Phi) is 5.45. The van der Waals surface area contributed by atoms with Crippen LogP contribution < -0.4 is 5.73 Å². The molecule has 5 heteroatoms. The minimum atomic E-state index is -0.0380. The number of amidine groups is 1. The van der Waals surface area contributed by atoms with E-state index in [9.17, 15) is 0 Å². The first-order chi connectivity index (χ1) is 7.75. The molecule has 0 atom stereocenters. The number of rotatable bonds is 7. The second-order valence-electron chi connectivity index (χ2n) is 3.17. The highest BCUT2D eigenvalue weighted by Gasteiger charge is 2.05. The summed E-state index contributed by atoms with van der Waals surface area (Å²) in [6.07, 6.45) is 1.61. The second kappa shape index (κ2) is 6.92. The van der Waals surface area contributed by atoms with E-state index < -0.39 is 0 Å². The zero-order valence-corrected chi connectivity index (χ0v) is 9.40. The Morgan fingerprint density at radius 2 is 2.19 bits per heavy atom. The van der Waals surface area contributed by atoms with Gasteiger partial charge in [0.05, 0.1) is 19.8 Å². The number of nitrogen functional groups attached to an aromatic ring is 1. The first kappa shape index (κ1) is 12.6. The first-order valence-corrected chi connectivity index (χ1v) is 5.19. The molecule has 0 aliphatic heterocycles. The lowest BCUT2D eigenvalue weighted by Crippen LogP contribution is -2.16. The summed E-state index contributed by atoms with van der Waals surface area (Å²) in [5, 5.41) is 7.36. The van der Waals surface area contributed by atoms with Gasteiger partial charge in [0.25, 0.3) is 0 Å². The maximum absolute atomic E-state index is 7.36. The van der Waals surface area contributed by atoms with Crippen molar-refractivity contribution < 1.29 is 9.47 Å². The Morgan fingerprint density at radius 1 is 1.44 bits per heavy atom. The molecule has 0 fully saturated rings. The van der Waals surface area contributed by atoms with E-state index in [2.05, 4.69) is 4.98 Å². The second-order valence-corrected chi connectivity index (χ2v) is 3.17. The van der Waals surface area contributed by atoms with Crippen LogP contribution in [0.5, 0.6) is 0 Å². The van der Waals surface area contributed by atoms with Crippen LogP contribution in [0.4, 0.5) is 0 Å². The van der Waals surface area contributed by atoms with E-state index in [0.717, 1.165) is 5.56 Å². The summed E-state index contributed by atoms with van der Waals surface area (Å²) >= 11 is 0. The van der Waals surface area contributed by atoms with Crippen molar-refractivity contribution in [1.82, 2.24) is 4.98 Å². The number of nitrogens with two attached hydrogens (primary N) is 1. The van der Waals surface area contributed by atoms with Crippen LogP contribution in [0, 0.1) is 5.41 Å². The molecule has 0 amide bonds. The van der Waals surface area contributed by atoms with Crippen molar-refractivity contribution in [2.24, 2.45) is 5.73 Å². The van der Waals surface area contributed by atoms with Gasteiger partial charge in [0.1, 0.15) is 11.5 Å². The van der Waals surface area contributed by atoms with E-state index in [1.54, 1.807) is 12.3 Å². The number of ether oxygens (including phenoxy) is 2. The van der Waals surface area contributed by atoms with Crippen molar-refractivity contribution in [1.29, 1.82) is 5.41 Å². The number of hydrogen-bond donors (Lipinski definition) is 2. The van der Waals surface area contributed by atoms with Gasteiger partial charge in [0, 0.05) is 18.4 Å². The third-order valence-corrected chi connectivity index (χ3v) is 1.98. The first-order valence-electron chi connectivity index (χ1n) is 5.19. The van der Waals surface area contributed by atoms with Gasteiger partial charge in [-0.15, -0.1) is 0 Å². The molecule has 0 aliphatic rings. The van der Waals surface area contributed by atoms with Gasteiger partial charge in [0.2, 0.25) is 0 Å². The maximum Gasteiger partial charge on any atom is 0.142 e. The van der Waals surface area contributed by atoms with E-state index in [1.807, 2.05) is 13.0 Å². The van der Waals surface area contributed by atoms with Gasteiger partial charge in [-0.05, 0) is 13.0 Å². The Bertz CT molecular complexity index is 342. The zero-order valence-electron chi connectivity index (χ0n) is 9.40. The standard InChI is InChI=1S/C11H17N3O2/c1-2-15-6-7-16-8-9-4-3-5-14-10(9)11(12)13/h3-5H,2,6-8H2,1H3,(H3,12,13). The van der Waals surface area contributed by atoms with Crippen molar-refractivity contribution in [3.05, 3.63) is 29.6 Å². The maximum atomic E-state index is 7.36. The average molecular weight is 223 g/mol. The molecule has 0 radical (unpaired) electrons. The molecule has 0 aliphatic carbocycles. The topological polar surface area (TPSA) is 81.2 Å². The zero-order chi connectivity index (χ0) is 11.8. The lowest BCUT2D eigenvalue weighted by molar-refractivity contribution is 0.0451. The van der Waals surface area contributed by atoms with Gasteiger partial charge >= 0.3 is 0 Å². The van der Waals surface area contributed by atoms with E-state index in [-0.39, 0.29) is 5.84 Å². The number of hydrogen-bond acceptors (Lipinski definition) is 4. The van der Waals surface area contributed by atoms with Gasteiger partial charge in [-0.2, -0.15) is 0 Å². The largest absolute Gasteiger partial charge is 0.382 e. The Morgan fingerprint density at radius 3 is 2.88 bits per heavy atom. The van der Waals surface area contributed by atoms with Crippen molar-refractivity contribution in [2.75, 3.05) is 19.8 Å². The highest BCUT2D eigenvalue weighted by Crippen LogP contribution is 2.06. The average Bonchev–Trinajstić information content (AvgIpc) is 2.29. The van der Waals surface area contributed by atoms with Gasteiger partial charge < -0.3 is 15.2 Å². The predicted octanol–water partition coefficient (Wildman–Crippen LogP) is 0.919. The van der Waals surface area contributed by atoms with E-state index in [1.165, 1.54) is 0 Å². The SMILES string of the molecule is CCOCCOCc1cccnc1C(=N)N. The highest BCUT2D eigenvalue weighted by atomic mass is 16.5. The van der Waals surface area contributed by atoms with Gasteiger partial charge in [0.15, 0.2) is 0 Å². The van der Waals surface area contributed by atoms with Crippen LogP contribution in [0.1, 0.15) is 18.2 Å². The number of nitrogens with zero attached hydrogens (tertiary/aromatic N) is 1. The van der Waals surface area contributed by atoms with Crippen LogP contribution in [0.2, 0.25) is 0 Å². The van der Waals surface area contributed by atoms with Gasteiger partial charge in [-0.1, -0.05) is 6.07 Å². The fourth-order valence-electron chi connectivity index (χ4n) is 1.24. The molecule has 3 N–H and O–H groups in total. The number of aromatic nitrogens is 1. The van der Waals surface area contributed by atoms with Crippen LogP contribution in [-0.4, -0.2) is 30.6 Å². The monoisotopic (exact) mass is 223 g/mol. The smallest absolute Gasteiger partial charge is 0.142 e. The molecule has 1 aromatic rings. The van der Waals surface area contributed by atoms with E-state index >= 15 is 0 Å². The molecule has 1 aromatic heterocycles. The molecule has 0 saturated carbocycles. The summed E-state index contributed by atoms with van der Waals surface area (Å²) in [5.41, 5.74) is 6.72. The van der Waals surface area contributed by atoms with Crippen molar-refractivity contribution >= 4 is 5.84 Å². The highest BCUT2D eigenvalue weighted by molar-refractivity contribution is 5.94. The number of pyridine rings is 1. The molecule has 0 unspecified atom stereocenters. The molecule has 16 heavy (non-hydrogen) atoms. The molecular formula is C11H17N3O2. The molecule has 0 spiro atoms. The van der Waals surface area contributed by atoms with Crippen molar-refractivity contribution in [2.45, 2.75) is 13.5 Å². The lowest BCUT2D eigenvalue weighted by atomic mass is 10.2. The molecule has 0 bridgehead atoms. The van der Waals surface area contributed by atoms with Crippen LogP contribution in [0.25, 0.3) is 0 Å². The van der Waals surface area contributed by atoms with Crippen LogP contribution in [0.15, 0.2) is 18.3 Å². The molecule has 0 saturated heterocycles.